The summed E-state index contributed by atoms with van der Waals surface area (Å²) in [6, 6.07) is 3.66. The third-order valence-corrected chi connectivity index (χ3v) is 3.08. The van der Waals surface area contributed by atoms with Crippen LogP contribution in [0.15, 0.2) is 16.6 Å². The molecule has 74 valence electrons. The number of benzene rings is 1. The number of halogens is 1. The zero-order chi connectivity index (χ0) is 10.3. The fourth-order valence-corrected chi connectivity index (χ4v) is 2.16. The van der Waals surface area contributed by atoms with Crippen molar-refractivity contribution in [2.45, 2.75) is 6.54 Å². The minimum Gasteiger partial charge on any atom is -0.497 e. The molecule has 14 heavy (non-hydrogen) atoms. The molecule has 1 aliphatic rings. The lowest BCUT2D eigenvalue weighted by Crippen LogP contribution is -2.17. The molecule has 0 N–H and O–H groups in total. The second kappa shape index (κ2) is 3.28. The molecule has 0 saturated carbocycles. The van der Waals surface area contributed by atoms with Gasteiger partial charge in [-0.1, -0.05) is 15.9 Å². The Kier molecular flexibility index (Phi) is 2.23. The fraction of sp³-hybridized carbons (Fsp3) is 0.300. The molecule has 0 radical (unpaired) electrons. The molecule has 0 aliphatic carbocycles. The third-order valence-electron chi connectivity index (χ3n) is 2.38. The normalized spacial score (nSPS) is 14.5. The molecule has 1 aromatic carbocycles. The van der Waals surface area contributed by atoms with E-state index in [1.54, 1.807) is 25.1 Å². The molecule has 3 nitrogen and oxygen atoms in total. The van der Waals surface area contributed by atoms with E-state index in [9.17, 15) is 4.79 Å². The van der Waals surface area contributed by atoms with E-state index in [1.807, 2.05) is 6.07 Å². The van der Waals surface area contributed by atoms with Gasteiger partial charge in [0.05, 0.1) is 7.11 Å². The maximum Gasteiger partial charge on any atom is 0.254 e. The van der Waals surface area contributed by atoms with Crippen LogP contribution in [0.5, 0.6) is 5.75 Å². The van der Waals surface area contributed by atoms with Gasteiger partial charge in [-0.05, 0) is 17.7 Å². The average Bonchev–Trinajstić information content (AvgIpc) is 2.45. The topological polar surface area (TPSA) is 29.5 Å². The Morgan fingerprint density at radius 2 is 2.21 bits per heavy atom. The van der Waals surface area contributed by atoms with Crippen LogP contribution >= 0.6 is 15.9 Å². The monoisotopic (exact) mass is 255 g/mol. The minimum atomic E-state index is 0.0552. The summed E-state index contributed by atoms with van der Waals surface area (Å²) in [7, 11) is 3.39. The summed E-state index contributed by atoms with van der Waals surface area (Å²) < 4.78 is 6.04. The summed E-state index contributed by atoms with van der Waals surface area (Å²) in [4.78, 5) is 13.4. The van der Waals surface area contributed by atoms with Crippen LogP contribution in [0, 0.1) is 0 Å². The van der Waals surface area contributed by atoms with Crippen molar-refractivity contribution in [2.24, 2.45) is 0 Å². The number of ether oxygens (including phenoxy) is 1. The summed E-state index contributed by atoms with van der Waals surface area (Å²) in [5.74, 6) is 0.763. The van der Waals surface area contributed by atoms with Crippen molar-refractivity contribution >= 4 is 21.8 Å². The molecule has 2 rings (SSSR count). The first-order chi connectivity index (χ1) is 6.63. The maximum absolute atomic E-state index is 11.7. The highest BCUT2D eigenvalue weighted by Crippen LogP contribution is 2.32. The summed E-state index contributed by atoms with van der Waals surface area (Å²) in [5.41, 5.74) is 1.78. The highest BCUT2D eigenvalue weighted by Gasteiger charge is 2.26. The van der Waals surface area contributed by atoms with Gasteiger partial charge >= 0.3 is 0 Å². The van der Waals surface area contributed by atoms with E-state index in [2.05, 4.69) is 15.9 Å². The number of carbonyl (C=O) groups is 1. The highest BCUT2D eigenvalue weighted by atomic mass is 79.9. The average molecular weight is 256 g/mol. The number of amides is 1. The van der Waals surface area contributed by atoms with E-state index >= 15 is 0 Å². The number of rotatable bonds is 1. The van der Waals surface area contributed by atoms with Gasteiger partial charge in [0.15, 0.2) is 0 Å². The van der Waals surface area contributed by atoms with Crippen LogP contribution in [0.1, 0.15) is 15.9 Å². The maximum atomic E-state index is 11.7. The summed E-state index contributed by atoms with van der Waals surface area (Å²) in [6.07, 6.45) is 0. The molecule has 0 spiro atoms. The van der Waals surface area contributed by atoms with Gasteiger partial charge in [-0.2, -0.15) is 0 Å². The molecule has 0 bridgehead atoms. The zero-order valence-corrected chi connectivity index (χ0v) is 9.59. The molecule has 1 aliphatic heterocycles. The molecule has 0 atom stereocenters. The van der Waals surface area contributed by atoms with Crippen LogP contribution in [0.4, 0.5) is 0 Å². The van der Waals surface area contributed by atoms with E-state index in [0.29, 0.717) is 12.3 Å². The SMILES string of the molecule is COc1cc(Br)c2c(c1)C(=O)N(C)C2. The first kappa shape index (κ1) is 9.52. The van der Waals surface area contributed by atoms with Crippen LogP contribution in [-0.4, -0.2) is 25.0 Å². The van der Waals surface area contributed by atoms with Crippen LogP contribution in [0.25, 0.3) is 0 Å². The minimum absolute atomic E-state index is 0.0552. The number of methoxy groups -OCH3 is 1. The molecular formula is C10H10BrNO2. The molecule has 4 heteroatoms. The Bertz CT molecular complexity index is 403. The lowest BCUT2D eigenvalue weighted by molar-refractivity contribution is 0.0816. The van der Waals surface area contributed by atoms with Crippen molar-refractivity contribution in [3.8, 4) is 5.75 Å². The molecule has 1 heterocycles. The summed E-state index contributed by atoms with van der Waals surface area (Å²) in [5, 5.41) is 0. The Hall–Kier alpha value is -1.03. The predicted molar refractivity (Wildman–Crippen MR) is 56.5 cm³/mol. The molecule has 0 unspecified atom stereocenters. The van der Waals surface area contributed by atoms with Gasteiger partial charge in [-0.3, -0.25) is 4.79 Å². The molecule has 0 saturated heterocycles. The van der Waals surface area contributed by atoms with E-state index in [-0.39, 0.29) is 5.91 Å². The Morgan fingerprint density at radius 1 is 1.50 bits per heavy atom. The highest BCUT2D eigenvalue weighted by molar-refractivity contribution is 9.10. The van der Waals surface area contributed by atoms with Gasteiger partial charge in [-0.15, -0.1) is 0 Å². The summed E-state index contributed by atoms with van der Waals surface area (Å²) >= 11 is 3.44. The van der Waals surface area contributed by atoms with Crippen molar-refractivity contribution < 1.29 is 9.53 Å². The van der Waals surface area contributed by atoms with E-state index < -0.39 is 0 Å². The predicted octanol–water partition coefficient (Wildman–Crippen LogP) is 2.04. The standard InChI is InChI=1S/C10H10BrNO2/c1-12-5-8-7(10(12)13)3-6(14-2)4-9(8)11/h3-4H,5H2,1-2H3. The van der Waals surface area contributed by atoms with Crippen molar-refractivity contribution in [2.75, 3.05) is 14.2 Å². The Balaban J connectivity index is 2.58. The van der Waals surface area contributed by atoms with Crippen molar-refractivity contribution in [3.05, 3.63) is 27.7 Å². The molecule has 0 fully saturated rings. The van der Waals surface area contributed by atoms with Crippen molar-refractivity contribution in [3.63, 3.8) is 0 Å². The number of hydrogen-bond donors (Lipinski definition) is 0. The quantitative estimate of drug-likeness (QED) is 0.769. The second-order valence-electron chi connectivity index (χ2n) is 3.30. The van der Waals surface area contributed by atoms with Gasteiger partial charge in [-0.25, -0.2) is 0 Å². The van der Waals surface area contributed by atoms with Gasteiger partial charge in [0.1, 0.15) is 5.75 Å². The van der Waals surface area contributed by atoms with Crippen molar-refractivity contribution in [1.29, 1.82) is 0 Å². The lowest BCUT2D eigenvalue weighted by Gasteiger charge is -2.04. The van der Waals surface area contributed by atoms with Gasteiger partial charge in [0.25, 0.3) is 5.91 Å². The second-order valence-corrected chi connectivity index (χ2v) is 4.15. The Morgan fingerprint density at radius 3 is 2.86 bits per heavy atom. The number of fused-ring (bicyclic) bond motifs is 1. The van der Waals surface area contributed by atoms with E-state index in [1.165, 1.54) is 0 Å². The Labute approximate surface area is 90.8 Å². The smallest absolute Gasteiger partial charge is 0.254 e. The first-order valence-electron chi connectivity index (χ1n) is 4.25. The van der Waals surface area contributed by atoms with Gasteiger partial charge in [0, 0.05) is 23.6 Å². The van der Waals surface area contributed by atoms with Gasteiger partial charge < -0.3 is 9.64 Å². The molecule has 1 amide bonds. The van der Waals surface area contributed by atoms with E-state index in [4.69, 9.17) is 4.74 Å². The zero-order valence-electron chi connectivity index (χ0n) is 8.00. The number of nitrogens with zero attached hydrogens (tertiary/aromatic N) is 1. The molecule has 0 aromatic heterocycles. The largest absolute Gasteiger partial charge is 0.497 e. The van der Waals surface area contributed by atoms with Gasteiger partial charge in [0.2, 0.25) is 0 Å². The van der Waals surface area contributed by atoms with Crippen molar-refractivity contribution in [1.82, 2.24) is 4.90 Å². The third kappa shape index (κ3) is 1.30. The molecule has 1 aromatic rings. The fourth-order valence-electron chi connectivity index (χ4n) is 1.60. The lowest BCUT2D eigenvalue weighted by atomic mass is 10.1. The van der Waals surface area contributed by atoms with Crippen LogP contribution in [-0.2, 0) is 6.54 Å². The van der Waals surface area contributed by atoms with E-state index in [0.717, 1.165) is 15.6 Å². The summed E-state index contributed by atoms with van der Waals surface area (Å²) in [6.45, 7) is 0.665. The van der Waals surface area contributed by atoms with Crippen LogP contribution < -0.4 is 4.74 Å². The number of carbonyl (C=O) groups excluding carboxylic acids is 1. The van der Waals surface area contributed by atoms with Crippen LogP contribution in [0.3, 0.4) is 0 Å². The number of hydrogen-bond acceptors (Lipinski definition) is 2. The van der Waals surface area contributed by atoms with Crippen LogP contribution in [0.2, 0.25) is 0 Å². The first-order valence-corrected chi connectivity index (χ1v) is 5.04. The molecular weight excluding hydrogens is 246 g/mol.